The number of carbonyl (C=O) groups is 1. The summed E-state index contributed by atoms with van der Waals surface area (Å²) >= 11 is 0. The largest absolute Gasteiger partial charge is 0.492 e. The predicted molar refractivity (Wildman–Crippen MR) is 82.6 cm³/mol. The fraction of sp³-hybridized carbons (Fsp3) is 0.375. The molecule has 1 amide bonds. The number of amides is 1. The van der Waals surface area contributed by atoms with Crippen molar-refractivity contribution in [2.24, 2.45) is 0 Å². The summed E-state index contributed by atoms with van der Waals surface area (Å²) in [6, 6.07) is 5.46. The van der Waals surface area contributed by atoms with Gasteiger partial charge in [0.1, 0.15) is 17.6 Å². The van der Waals surface area contributed by atoms with Crippen LogP contribution in [-0.4, -0.2) is 22.3 Å². The molecule has 2 rings (SSSR count). The van der Waals surface area contributed by atoms with Crippen molar-refractivity contribution in [1.82, 2.24) is 9.78 Å². The van der Waals surface area contributed by atoms with Crippen LogP contribution in [0.5, 0.6) is 5.75 Å². The summed E-state index contributed by atoms with van der Waals surface area (Å²) in [6.45, 7) is 7.72. The van der Waals surface area contributed by atoms with Gasteiger partial charge in [0.2, 0.25) is 5.91 Å². The van der Waals surface area contributed by atoms with Crippen molar-refractivity contribution < 1.29 is 13.9 Å². The van der Waals surface area contributed by atoms with Crippen LogP contribution >= 0.6 is 0 Å². The topological polar surface area (TPSA) is 56.1 Å². The summed E-state index contributed by atoms with van der Waals surface area (Å²) in [7, 11) is 0. The molecule has 1 atom stereocenters. The van der Waals surface area contributed by atoms with Gasteiger partial charge in [0.05, 0.1) is 18.0 Å². The van der Waals surface area contributed by atoms with Crippen molar-refractivity contribution in [3.05, 3.63) is 41.5 Å². The second kappa shape index (κ2) is 6.60. The lowest BCUT2D eigenvalue weighted by Crippen LogP contribution is -2.25. The predicted octanol–water partition coefficient (Wildman–Crippen LogP) is 3.24. The SMILES string of the molecule is CCOc1cc(F)ccc1NC(=O)C(C)n1nc(C)cc1C. The molecule has 0 saturated carbocycles. The molecular formula is C16H20FN3O2. The highest BCUT2D eigenvalue weighted by molar-refractivity contribution is 5.94. The summed E-state index contributed by atoms with van der Waals surface area (Å²) < 4.78 is 20.3. The van der Waals surface area contributed by atoms with E-state index in [1.807, 2.05) is 19.9 Å². The zero-order valence-corrected chi connectivity index (χ0v) is 13.2. The molecule has 0 aliphatic rings. The Balaban J connectivity index is 2.20. The summed E-state index contributed by atoms with van der Waals surface area (Å²) in [5, 5.41) is 7.08. The molecule has 1 aromatic carbocycles. The molecule has 0 saturated heterocycles. The molecule has 1 N–H and O–H groups in total. The van der Waals surface area contributed by atoms with Crippen LogP contribution in [0, 0.1) is 19.7 Å². The fourth-order valence-electron chi connectivity index (χ4n) is 2.26. The van der Waals surface area contributed by atoms with Gasteiger partial charge < -0.3 is 10.1 Å². The number of rotatable bonds is 5. The van der Waals surface area contributed by atoms with Crippen molar-refractivity contribution in [3.63, 3.8) is 0 Å². The first-order valence-electron chi connectivity index (χ1n) is 7.18. The number of aromatic nitrogens is 2. The van der Waals surface area contributed by atoms with Crippen molar-refractivity contribution in [1.29, 1.82) is 0 Å². The van der Waals surface area contributed by atoms with E-state index in [9.17, 15) is 9.18 Å². The quantitative estimate of drug-likeness (QED) is 0.922. The van der Waals surface area contributed by atoms with Gasteiger partial charge in [-0.15, -0.1) is 0 Å². The highest BCUT2D eigenvalue weighted by atomic mass is 19.1. The van der Waals surface area contributed by atoms with Gasteiger partial charge in [-0.25, -0.2) is 4.39 Å². The van der Waals surface area contributed by atoms with Gasteiger partial charge in [-0.3, -0.25) is 9.48 Å². The first-order valence-corrected chi connectivity index (χ1v) is 7.18. The molecular weight excluding hydrogens is 285 g/mol. The number of aryl methyl sites for hydroxylation is 2. The van der Waals surface area contributed by atoms with Crippen molar-refractivity contribution in [2.45, 2.75) is 33.7 Å². The Kier molecular flexibility index (Phi) is 4.80. The van der Waals surface area contributed by atoms with E-state index in [0.29, 0.717) is 18.0 Å². The maximum absolute atomic E-state index is 13.3. The summed E-state index contributed by atoms with van der Waals surface area (Å²) in [5.74, 6) is -0.330. The highest BCUT2D eigenvalue weighted by Gasteiger charge is 2.19. The van der Waals surface area contributed by atoms with Crippen LogP contribution < -0.4 is 10.1 Å². The van der Waals surface area contributed by atoms with E-state index < -0.39 is 11.9 Å². The molecule has 6 heteroatoms. The van der Waals surface area contributed by atoms with Crippen LogP contribution in [-0.2, 0) is 4.79 Å². The van der Waals surface area contributed by atoms with E-state index >= 15 is 0 Å². The Morgan fingerprint density at radius 1 is 1.41 bits per heavy atom. The first-order chi connectivity index (χ1) is 10.4. The number of nitrogens with one attached hydrogen (secondary N) is 1. The fourth-order valence-corrected chi connectivity index (χ4v) is 2.26. The Labute approximate surface area is 129 Å². The molecule has 1 unspecified atom stereocenters. The second-order valence-electron chi connectivity index (χ2n) is 5.11. The van der Waals surface area contributed by atoms with Crippen LogP contribution in [0.3, 0.4) is 0 Å². The molecule has 0 spiro atoms. The third-order valence-electron chi connectivity index (χ3n) is 3.29. The maximum atomic E-state index is 13.3. The van der Waals surface area contributed by atoms with E-state index in [1.54, 1.807) is 18.5 Å². The Morgan fingerprint density at radius 2 is 2.14 bits per heavy atom. The summed E-state index contributed by atoms with van der Waals surface area (Å²) in [6.07, 6.45) is 0. The molecule has 0 bridgehead atoms. The second-order valence-corrected chi connectivity index (χ2v) is 5.11. The lowest BCUT2D eigenvalue weighted by molar-refractivity contribution is -0.119. The lowest BCUT2D eigenvalue weighted by atomic mass is 10.2. The van der Waals surface area contributed by atoms with Crippen molar-refractivity contribution in [3.8, 4) is 5.75 Å². The number of benzene rings is 1. The van der Waals surface area contributed by atoms with Crippen molar-refractivity contribution >= 4 is 11.6 Å². The minimum Gasteiger partial charge on any atom is -0.492 e. The smallest absolute Gasteiger partial charge is 0.249 e. The minimum atomic E-state index is -0.478. The molecule has 5 nitrogen and oxygen atoms in total. The lowest BCUT2D eigenvalue weighted by Gasteiger charge is -2.16. The Bertz CT molecular complexity index is 682. The van der Waals surface area contributed by atoms with Gasteiger partial charge in [-0.1, -0.05) is 0 Å². The first kappa shape index (κ1) is 16.0. The van der Waals surface area contributed by atoms with Crippen LogP contribution in [0.2, 0.25) is 0 Å². The molecule has 1 heterocycles. The van der Waals surface area contributed by atoms with E-state index in [4.69, 9.17) is 4.74 Å². The summed E-state index contributed by atoms with van der Waals surface area (Å²) in [4.78, 5) is 12.4. The van der Waals surface area contributed by atoms with E-state index in [1.165, 1.54) is 18.2 Å². The Morgan fingerprint density at radius 3 is 2.73 bits per heavy atom. The van der Waals surface area contributed by atoms with Gasteiger partial charge in [0, 0.05) is 11.8 Å². The van der Waals surface area contributed by atoms with E-state index in [0.717, 1.165) is 11.4 Å². The normalized spacial score (nSPS) is 12.0. The number of hydrogen-bond donors (Lipinski definition) is 1. The average molecular weight is 305 g/mol. The number of ether oxygens (including phenoxy) is 1. The van der Waals surface area contributed by atoms with E-state index in [-0.39, 0.29) is 5.91 Å². The van der Waals surface area contributed by atoms with Crippen LogP contribution in [0.25, 0.3) is 0 Å². The highest BCUT2D eigenvalue weighted by Crippen LogP contribution is 2.26. The number of carbonyl (C=O) groups excluding carboxylic acids is 1. The molecule has 0 fully saturated rings. The monoisotopic (exact) mass is 305 g/mol. The molecule has 0 radical (unpaired) electrons. The number of anilines is 1. The zero-order chi connectivity index (χ0) is 16.3. The van der Waals surface area contributed by atoms with Crippen molar-refractivity contribution in [2.75, 3.05) is 11.9 Å². The minimum absolute atomic E-state index is 0.237. The van der Waals surface area contributed by atoms with Gasteiger partial charge in [0.15, 0.2) is 0 Å². The van der Waals surface area contributed by atoms with Gasteiger partial charge >= 0.3 is 0 Å². The molecule has 0 aliphatic heterocycles. The summed E-state index contributed by atoms with van der Waals surface area (Å²) in [5.41, 5.74) is 2.21. The Hall–Kier alpha value is -2.37. The van der Waals surface area contributed by atoms with Crippen LogP contribution in [0.1, 0.15) is 31.3 Å². The number of hydrogen-bond acceptors (Lipinski definition) is 3. The molecule has 1 aromatic heterocycles. The standard InChI is InChI=1S/C16H20FN3O2/c1-5-22-15-9-13(17)6-7-14(15)18-16(21)12(4)20-11(3)8-10(2)19-20/h6-9,12H,5H2,1-4H3,(H,18,21). The van der Waals surface area contributed by atoms with Crippen LogP contribution in [0.15, 0.2) is 24.3 Å². The average Bonchev–Trinajstić information content (AvgIpc) is 2.80. The van der Waals surface area contributed by atoms with Gasteiger partial charge in [-0.05, 0) is 45.9 Å². The molecule has 0 aliphatic carbocycles. The molecule has 22 heavy (non-hydrogen) atoms. The third-order valence-corrected chi connectivity index (χ3v) is 3.29. The zero-order valence-electron chi connectivity index (χ0n) is 13.2. The molecule has 2 aromatic rings. The van der Waals surface area contributed by atoms with E-state index in [2.05, 4.69) is 10.4 Å². The van der Waals surface area contributed by atoms with Gasteiger partial charge in [-0.2, -0.15) is 5.10 Å². The number of halogens is 1. The number of nitrogens with zero attached hydrogens (tertiary/aromatic N) is 2. The maximum Gasteiger partial charge on any atom is 0.249 e. The third kappa shape index (κ3) is 3.44. The molecule has 118 valence electrons. The van der Waals surface area contributed by atoms with Gasteiger partial charge in [0.25, 0.3) is 0 Å². The van der Waals surface area contributed by atoms with Crippen LogP contribution in [0.4, 0.5) is 10.1 Å².